The van der Waals surface area contributed by atoms with Gasteiger partial charge in [-0.1, -0.05) is 5.16 Å². The molecule has 2 fully saturated rings. The van der Waals surface area contributed by atoms with Crippen molar-refractivity contribution in [2.24, 2.45) is 5.92 Å². The lowest BCUT2D eigenvalue weighted by atomic mass is 9.82. The summed E-state index contributed by atoms with van der Waals surface area (Å²) in [6.07, 6.45) is -2.97. The summed E-state index contributed by atoms with van der Waals surface area (Å²) in [7, 11) is 0. The summed E-state index contributed by atoms with van der Waals surface area (Å²) in [5.74, 6) is -1.56. The van der Waals surface area contributed by atoms with Crippen molar-refractivity contribution in [2.45, 2.75) is 63.6 Å². The SMILES string of the molecule is Cc1nonc1C(=O)NC(C(=O)Nc1cc(CN2C[C@@H](C(F)(F)F)NC2=O)ccn1)C1CCC(F)CC1. The number of urea groups is 1. The molecular formula is C22H25F4N7O4. The predicted octanol–water partition coefficient (Wildman–Crippen LogP) is 2.49. The minimum Gasteiger partial charge on any atom is -0.338 e. The van der Waals surface area contributed by atoms with E-state index in [0.29, 0.717) is 18.4 Å². The maximum absolute atomic E-state index is 13.7. The molecular weight excluding hydrogens is 502 g/mol. The van der Waals surface area contributed by atoms with Crippen LogP contribution in [0.25, 0.3) is 0 Å². The van der Waals surface area contributed by atoms with Gasteiger partial charge in [0.2, 0.25) is 5.91 Å². The molecule has 0 aromatic carbocycles. The Kier molecular flexibility index (Phi) is 7.59. The molecule has 4 amide bonds. The van der Waals surface area contributed by atoms with Crippen LogP contribution in [0.1, 0.15) is 47.4 Å². The molecule has 1 aliphatic heterocycles. The van der Waals surface area contributed by atoms with Crippen molar-refractivity contribution in [3.8, 4) is 0 Å². The van der Waals surface area contributed by atoms with Gasteiger partial charge in [-0.05, 0) is 61.4 Å². The van der Waals surface area contributed by atoms with E-state index < -0.39 is 48.8 Å². The first-order chi connectivity index (χ1) is 17.5. The fourth-order valence-electron chi connectivity index (χ4n) is 4.43. The van der Waals surface area contributed by atoms with Crippen LogP contribution in [0.5, 0.6) is 0 Å². The molecule has 11 nitrogen and oxygen atoms in total. The van der Waals surface area contributed by atoms with Gasteiger partial charge >= 0.3 is 12.2 Å². The number of aromatic nitrogens is 3. The lowest BCUT2D eigenvalue weighted by molar-refractivity contribution is -0.149. The third-order valence-electron chi connectivity index (χ3n) is 6.44. The summed E-state index contributed by atoms with van der Waals surface area (Å²) in [6, 6.07) is -0.929. The highest BCUT2D eigenvalue weighted by Crippen LogP contribution is 2.30. The Morgan fingerprint density at radius 2 is 1.97 bits per heavy atom. The number of nitrogens with one attached hydrogen (secondary N) is 3. The van der Waals surface area contributed by atoms with Gasteiger partial charge in [-0.3, -0.25) is 9.59 Å². The molecule has 0 bridgehead atoms. The van der Waals surface area contributed by atoms with Gasteiger partial charge in [-0.15, -0.1) is 0 Å². The van der Waals surface area contributed by atoms with Crippen LogP contribution in [0.4, 0.5) is 28.2 Å². The number of nitrogens with zero attached hydrogens (tertiary/aromatic N) is 4. The molecule has 3 heterocycles. The first-order valence-electron chi connectivity index (χ1n) is 11.6. The number of carbonyl (C=O) groups excluding carboxylic acids is 3. The van der Waals surface area contributed by atoms with E-state index in [9.17, 15) is 31.9 Å². The highest BCUT2D eigenvalue weighted by atomic mass is 19.4. The second kappa shape index (κ2) is 10.7. The largest absolute Gasteiger partial charge is 0.410 e. The topological polar surface area (TPSA) is 142 Å². The predicted molar refractivity (Wildman–Crippen MR) is 119 cm³/mol. The number of pyridine rings is 1. The van der Waals surface area contributed by atoms with Gasteiger partial charge in [0.1, 0.15) is 29.8 Å². The Morgan fingerprint density at radius 1 is 1.24 bits per heavy atom. The quantitative estimate of drug-likeness (QED) is 0.470. The maximum Gasteiger partial charge on any atom is 0.410 e. The van der Waals surface area contributed by atoms with E-state index in [1.54, 1.807) is 0 Å². The summed E-state index contributed by atoms with van der Waals surface area (Å²) in [6.45, 7) is 0.832. The number of halogens is 4. The van der Waals surface area contributed by atoms with Crippen LogP contribution in [-0.2, 0) is 11.3 Å². The van der Waals surface area contributed by atoms with E-state index in [1.165, 1.54) is 25.3 Å². The van der Waals surface area contributed by atoms with Crippen LogP contribution in [0.2, 0.25) is 0 Å². The zero-order valence-electron chi connectivity index (χ0n) is 19.7. The fourth-order valence-corrected chi connectivity index (χ4v) is 4.43. The molecule has 4 rings (SSSR count). The smallest absolute Gasteiger partial charge is 0.338 e. The van der Waals surface area contributed by atoms with E-state index in [0.717, 1.165) is 4.90 Å². The van der Waals surface area contributed by atoms with Crippen LogP contribution in [0.3, 0.4) is 0 Å². The molecule has 37 heavy (non-hydrogen) atoms. The number of rotatable bonds is 7. The van der Waals surface area contributed by atoms with Crippen LogP contribution >= 0.6 is 0 Å². The number of anilines is 1. The highest BCUT2D eigenvalue weighted by Gasteiger charge is 2.46. The molecule has 1 unspecified atom stereocenters. The zero-order chi connectivity index (χ0) is 26.7. The van der Waals surface area contributed by atoms with Crippen molar-refractivity contribution in [3.63, 3.8) is 0 Å². The third-order valence-corrected chi connectivity index (χ3v) is 6.44. The van der Waals surface area contributed by atoms with Crippen molar-refractivity contribution in [2.75, 3.05) is 11.9 Å². The Hall–Kier alpha value is -3.78. The van der Waals surface area contributed by atoms with Gasteiger partial charge in [-0.2, -0.15) is 13.2 Å². The minimum atomic E-state index is -4.57. The Labute approximate surface area is 208 Å². The van der Waals surface area contributed by atoms with Gasteiger partial charge in [-0.25, -0.2) is 18.8 Å². The molecule has 2 aromatic rings. The average molecular weight is 527 g/mol. The number of alkyl halides is 4. The average Bonchev–Trinajstić information content (AvgIpc) is 3.43. The monoisotopic (exact) mass is 527 g/mol. The summed E-state index contributed by atoms with van der Waals surface area (Å²) in [5.41, 5.74) is 0.585. The van der Waals surface area contributed by atoms with E-state index in [2.05, 4.69) is 30.6 Å². The maximum atomic E-state index is 13.7. The van der Waals surface area contributed by atoms with Gasteiger partial charge in [0.25, 0.3) is 5.91 Å². The van der Waals surface area contributed by atoms with Crippen LogP contribution in [0.15, 0.2) is 23.0 Å². The molecule has 1 aliphatic carbocycles. The summed E-state index contributed by atoms with van der Waals surface area (Å²) < 4.78 is 57.1. The standard InChI is InChI=1S/C22H25F4N7O4/c1-11-17(32-37-31-11)19(34)30-18(13-2-4-14(23)5-3-13)20(35)29-16-8-12(6-7-27-16)9-33-10-15(22(24,25)26)28-21(33)36/h6-8,13-15,18H,2-5,9-10H2,1H3,(H,28,36)(H,30,34)(H,27,29,35)/t13?,14?,15-,18?/m0/s1. The second-order valence-electron chi connectivity index (χ2n) is 9.12. The number of aryl methyl sites for hydroxylation is 1. The normalized spacial score (nSPS) is 22.9. The first kappa shape index (κ1) is 26.3. The van der Waals surface area contributed by atoms with Gasteiger partial charge < -0.3 is 20.9 Å². The van der Waals surface area contributed by atoms with E-state index >= 15 is 0 Å². The minimum absolute atomic E-state index is 0.0761. The second-order valence-corrected chi connectivity index (χ2v) is 9.12. The molecule has 3 N–H and O–H groups in total. The lowest BCUT2D eigenvalue weighted by Gasteiger charge is -2.31. The number of amides is 4. The third kappa shape index (κ3) is 6.32. The highest BCUT2D eigenvalue weighted by molar-refractivity contribution is 6.00. The van der Waals surface area contributed by atoms with Crippen LogP contribution in [-0.4, -0.2) is 69.0 Å². The zero-order valence-corrected chi connectivity index (χ0v) is 19.7. The van der Waals surface area contributed by atoms with E-state index in [4.69, 9.17) is 0 Å². The van der Waals surface area contributed by atoms with Crippen molar-refractivity contribution in [1.29, 1.82) is 0 Å². The number of hydrogen-bond donors (Lipinski definition) is 3. The van der Waals surface area contributed by atoms with Crippen molar-refractivity contribution in [3.05, 3.63) is 35.3 Å². The molecule has 15 heteroatoms. The first-order valence-corrected chi connectivity index (χ1v) is 11.6. The lowest BCUT2D eigenvalue weighted by Crippen LogP contribution is -2.49. The van der Waals surface area contributed by atoms with Crippen LogP contribution < -0.4 is 16.0 Å². The molecule has 2 aromatic heterocycles. The van der Waals surface area contributed by atoms with Crippen molar-refractivity contribution < 1.29 is 36.6 Å². The Balaban J connectivity index is 1.45. The summed E-state index contributed by atoms with van der Waals surface area (Å²) in [5, 5.41) is 14.2. The molecule has 2 aliphatic rings. The fraction of sp³-hybridized carbons (Fsp3) is 0.545. The van der Waals surface area contributed by atoms with Gasteiger partial charge in [0.05, 0.1) is 6.54 Å². The van der Waals surface area contributed by atoms with Gasteiger partial charge in [0, 0.05) is 12.7 Å². The molecule has 2 atom stereocenters. The Bertz CT molecular complexity index is 1150. The molecule has 1 saturated carbocycles. The van der Waals surface area contributed by atoms with E-state index in [-0.39, 0.29) is 42.5 Å². The molecule has 0 spiro atoms. The van der Waals surface area contributed by atoms with Crippen LogP contribution in [0, 0.1) is 12.8 Å². The van der Waals surface area contributed by atoms with Gasteiger partial charge in [0.15, 0.2) is 5.69 Å². The molecule has 1 saturated heterocycles. The van der Waals surface area contributed by atoms with Crippen molar-refractivity contribution >= 4 is 23.7 Å². The van der Waals surface area contributed by atoms with Crippen molar-refractivity contribution in [1.82, 2.24) is 30.8 Å². The summed E-state index contributed by atoms with van der Waals surface area (Å²) >= 11 is 0. The molecule has 0 radical (unpaired) electrons. The molecule has 200 valence electrons. The number of carbonyl (C=O) groups is 3. The summed E-state index contributed by atoms with van der Waals surface area (Å²) in [4.78, 5) is 43.0. The Morgan fingerprint density at radius 3 is 2.59 bits per heavy atom. The number of hydrogen-bond acceptors (Lipinski definition) is 7. The van der Waals surface area contributed by atoms with E-state index in [1.807, 2.05) is 5.32 Å².